The first kappa shape index (κ1) is 10.9. The number of hydrogen-bond donors (Lipinski definition) is 1. The summed E-state index contributed by atoms with van der Waals surface area (Å²) in [6.07, 6.45) is 3.41. The molecular formula is C14H18N2O. The van der Waals surface area contributed by atoms with Crippen LogP contribution in [0.3, 0.4) is 0 Å². The topological polar surface area (TPSA) is 32.3 Å². The van der Waals surface area contributed by atoms with Crippen LogP contribution in [0, 0.1) is 0 Å². The summed E-state index contributed by atoms with van der Waals surface area (Å²) < 4.78 is 0. The molecule has 1 N–H and O–H groups in total. The second-order valence-electron chi connectivity index (χ2n) is 4.93. The van der Waals surface area contributed by atoms with Gasteiger partial charge in [-0.2, -0.15) is 0 Å². The van der Waals surface area contributed by atoms with E-state index in [2.05, 4.69) is 28.4 Å². The molecule has 17 heavy (non-hydrogen) atoms. The lowest BCUT2D eigenvalue weighted by atomic mass is 10.0. The van der Waals surface area contributed by atoms with Crippen molar-refractivity contribution in [3.8, 4) is 0 Å². The number of rotatable bonds is 2. The highest BCUT2D eigenvalue weighted by Gasteiger charge is 2.34. The average Bonchev–Trinajstić information content (AvgIpc) is 2.78. The van der Waals surface area contributed by atoms with Crippen LogP contribution in [0.15, 0.2) is 24.3 Å². The molecule has 0 saturated carbocycles. The monoisotopic (exact) mass is 230 g/mol. The maximum Gasteiger partial charge on any atom is 0.141 e. The highest BCUT2D eigenvalue weighted by Crippen LogP contribution is 2.35. The Hall–Kier alpha value is -1.19. The molecule has 1 unspecified atom stereocenters. The van der Waals surface area contributed by atoms with Gasteiger partial charge in [0.2, 0.25) is 0 Å². The van der Waals surface area contributed by atoms with E-state index in [-0.39, 0.29) is 6.04 Å². The van der Waals surface area contributed by atoms with Gasteiger partial charge in [-0.05, 0) is 37.1 Å². The largest absolute Gasteiger partial charge is 0.317 e. The third-order valence-corrected chi connectivity index (χ3v) is 3.99. The van der Waals surface area contributed by atoms with E-state index in [1.54, 1.807) is 0 Å². The van der Waals surface area contributed by atoms with Crippen molar-refractivity contribution in [2.45, 2.75) is 31.5 Å². The van der Waals surface area contributed by atoms with Crippen LogP contribution in [-0.4, -0.2) is 30.3 Å². The fourth-order valence-corrected chi connectivity index (χ4v) is 3.09. The van der Waals surface area contributed by atoms with Crippen LogP contribution in [0.4, 0.5) is 0 Å². The van der Waals surface area contributed by atoms with Crippen molar-refractivity contribution in [2.24, 2.45) is 0 Å². The first-order valence-electron chi connectivity index (χ1n) is 6.39. The number of benzene rings is 1. The van der Waals surface area contributed by atoms with E-state index in [0.29, 0.717) is 6.04 Å². The van der Waals surface area contributed by atoms with Gasteiger partial charge in [-0.1, -0.05) is 24.3 Å². The Morgan fingerprint density at radius 2 is 2.00 bits per heavy atom. The average molecular weight is 230 g/mol. The highest BCUT2D eigenvalue weighted by molar-refractivity contribution is 5.64. The van der Waals surface area contributed by atoms with Crippen LogP contribution in [-0.2, 0) is 11.3 Å². The molecule has 0 aliphatic carbocycles. The van der Waals surface area contributed by atoms with Crippen molar-refractivity contribution in [1.82, 2.24) is 10.2 Å². The predicted molar refractivity (Wildman–Crippen MR) is 66.7 cm³/mol. The molecule has 0 radical (unpaired) electrons. The Balaban J connectivity index is 1.86. The van der Waals surface area contributed by atoms with Gasteiger partial charge in [0.25, 0.3) is 0 Å². The van der Waals surface area contributed by atoms with Gasteiger partial charge in [-0.15, -0.1) is 0 Å². The SMILES string of the molecule is O=CC1c2ccccc2CN1C1CCNCC1. The van der Waals surface area contributed by atoms with Crippen molar-refractivity contribution < 1.29 is 4.79 Å². The van der Waals surface area contributed by atoms with E-state index < -0.39 is 0 Å². The van der Waals surface area contributed by atoms with Gasteiger partial charge in [0.05, 0.1) is 6.04 Å². The molecule has 3 rings (SSSR count). The zero-order valence-electron chi connectivity index (χ0n) is 9.93. The summed E-state index contributed by atoms with van der Waals surface area (Å²) in [5.41, 5.74) is 2.53. The van der Waals surface area contributed by atoms with Gasteiger partial charge in [0, 0.05) is 12.6 Å². The fraction of sp³-hybridized carbons (Fsp3) is 0.500. The van der Waals surface area contributed by atoms with E-state index in [4.69, 9.17) is 0 Å². The molecule has 3 nitrogen and oxygen atoms in total. The molecule has 1 fully saturated rings. The van der Waals surface area contributed by atoms with Crippen LogP contribution in [0.5, 0.6) is 0 Å². The molecular weight excluding hydrogens is 212 g/mol. The third kappa shape index (κ3) is 1.90. The van der Waals surface area contributed by atoms with Crippen molar-refractivity contribution >= 4 is 6.29 Å². The highest BCUT2D eigenvalue weighted by atomic mass is 16.1. The summed E-state index contributed by atoms with van der Waals surface area (Å²) >= 11 is 0. The Labute approximate surface area is 102 Å². The normalized spacial score (nSPS) is 25.8. The molecule has 0 spiro atoms. The van der Waals surface area contributed by atoms with Crippen molar-refractivity contribution in [3.63, 3.8) is 0 Å². The van der Waals surface area contributed by atoms with Crippen LogP contribution < -0.4 is 5.32 Å². The summed E-state index contributed by atoms with van der Waals surface area (Å²) in [5, 5.41) is 3.38. The predicted octanol–water partition coefficient (Wildman–Crippen LogP) is 1.49. The van der Waals surface area contributed by atoms with Gasteiger partial charge in [-0.3, -0.25) is 4.90 Å². The maximum atomic E-state index is 11.4. The number of carbonyl (C=O) groups excluding carboxylic acids is 1. The number of fused-ring (bicyclic) bond motifs is 1. The van der Waals surface area contributed by atoms with E-state index >= 15 is 0 Å². The fourth-order valence-electron chi connectivity index (χ4n) is 3.09. The molecule has 1 saturated heterocycles. The van der Waals surface area contributed by atoms with Crippen LogP contribution in [0.25, 0.3) is 0 Å². The number of piperidine rings is 1. The van der Waals surface area contributed by atoms with Gasteiger partial charge in [0.15, 0.2) is 0 Å². The molecule has 1 aromatic carbocycles. The first-order valence-corrected chi connectivity index (χ1v) is 6.39. The van der Waals surface area contributed by atoms with Crippen LogP contribution >= 0.6 is 0 Å². The molecule has 2 aliphatic rings. The molecule has 0 aromatic heterocycles. The zero-order chi connectivity index (χ0) is 11.7. The minimum atomic E-state index is -0.0192. The molecule has 2 heterocycles. The second kappa shape index (κ2) is 4.59. The van der Waals surface area contributed by atoms with Crippen molar-refractivity contribution in [3.05, 3.63) is 35.4 Å². The Morgan fingerprint density at radius 1 is 1.24 bits per heavy atom. The number of nitrogens with zero attached hydrogens (tertiary/aromatic N) is 1. The third-order valence-electron chi connectivity index (χ3n) is 3.99. The maximum absolute atomic E-state index is 11.4. The van der Waals surface area contributed by atoms with Gasteiger partial charge in [-0.25, -0.2) is 0 Å². The van der Waals surface area contributed by atoms with Gasteiger partial charge >= 0.3 is 0 Å². The molecule has 0 amide bonds. The Bertz CT molecular complexity index is 412. The lowest BCUT2D eigenvalue weighted by Crippen LogP contribution is -2.42. The standard InChI is InChI=1S/C14H18N2O/c17-10-14-13-4-2-1-3-11(13)9-16(14)12-5-7-15-8-6-12/h1-4,10,12,14-15H,5-9H2. The summed E-state index contributed by atoms with van der Waals surface area (Å²) in [5.74, 6) is 0. The molecule has 2 aliphatic heterocycles. The summed E-state index contributed by atoms with van der Waals surface area (Å²) in [7, 11) is 0. The van der Waals surface area contributed by atoms with E-state index in [0.717, 1.165) is 38.8 Å². The Morgan fingerprint density at radius 3 is 2.76 bits per heavy atom. The van der Waals surface area contributed by atoms with E-state index in [9.17, 15) is 4.79 Å². The van der Waals surface area contributed by atoms with E-state index in [1.807, 2.05) is 6.07 Å². The van der Waals surface area contributed by atoms with Crippen LogP contribution in [0.1, 0.15) is 30.0 Å². The first-order chi connectivity index (χ1) is 8.40. The molecule has 1 atom stereocenters. The van der Waals surface area contributed by atoms with Crippen LogP contribution in [0.2, 0.25) is 0 Å². The number of hydrogen-bond acceptors (Lipinski definition) is 3. The summed E-state index contributed by atoms with van der Waals surface area (Å²) in [6.45, 7) is 3.08. The molecule has 90 valence electrons. The number of aldehydes is 1. The number of carbonyl (C=O) groups is 1. The number of nitrogens with one attached hydrogen (secondary N) is 1. The lowest BCUT2D eigenvalue weighted by molar-refractivity contribution is -0.113. The lowest BCUT2D eigenvalue weighted by Gasteiger charge is -2.33. The molecule has 3 heteroatoms. The minimum absolute atomic E-state index is 0.0192. The van der Waals surface area contributed by atoms with Crippen molar-refractivity contribution in [2.75, 3.05) is 13.1 Å². The quantitative estimate of drug-likeness (QED) is 0.781. The van der Waals surface area contributed by atoms with E-state index in [1.165, 1.54) is 11.1 Å². The second-order valence-corrected chi connectivity index (χ2v) is 4.93. The van der Waals surface area contributed by atoms with Gasteiger partial charge < -0.3 is 10.1 Å². The van der Waals surface area contributed by atoms with Crippen molar-refractivity contribution in [1.29, 1.82) is 0 Å². The molecule has 0 bridgehead atoms. The smallest absolute Gasteiger partial charge is 0.141 e. The summed E-state index contributed by atoms with van der Waals surface area (Å²) in [6, 6.07) is 8.86. The zero-order valence-corrected chi connectivity index (χ0v) is 9.93. The minimum Gasteiger partial charge on any atom is -0.317 e. The molecule has 1 aromatic rings. The van der Waals surface area contributed by atoms with Gasteiger partial charge in [0.1, 0.15) is 6.29 Å². The Kier molecular flexibility index (Phi) is 2.95. The summed E-state index contributed by atoms with van der Waals surface area (Å²) in [4.78, 5) is 13.7.